The molecule has 0 aliphatic carbocycles. The van der Waals surface area contributed by atoms with Crippen molar-refractivity contribution in [1.29, 1.82) is 10.5 Å². The third-order valence-electron chi connectivity index (χ3n) is 5.65. The summed E-state index contributed by atoms with van der Waals surface area (Å²) in [5.74, 6) is -1.05. The normalized spacial score (nSPS) is 11.9. The van der Waals surface area contributed by atoms with Crippen LogP contribution >= 0.6 is 11.3 Å². The van der Waals surface area contributed by atoms with Crippen molar-refractivity contribution >= 4 is 43.5 Å². The smallest absolute Gasteiger partial charge is 0.337 e. The zero-order valence-corrected chi connectivity index (χ0v) is 23.1. The van der Waals surface area contributed by atoms with Gasteiger partial charge in [-0.3, -0.25) is 4.79 Å². The van der Waals surface area contributed by atoms with Crippen molar-refractivity contribution in [1.82, 2.24) is 8.87 Å². The van der Waals surface area contributed by atoms with Crippen molar-refractivity contribution in [3.8, 4) is 12.1 Å². The van der Waals surface area contributed by atoms with Gasteiger partial charge in [-0.05, 0) is 49.4 Å². The molecule has 0 N–H and O–H groups in total. The molecule has 11 nitrogen and oxygen atoms in total. The highest BCUT2D eigenvalue weighted by molar-refractivity contribution is 7.89. The molecule has 1 aromatic heterocycles. The average Bonchev–Trinajstić information content (AvgIpc) is 3.28. The number of esters is 1. The summed E-state index contributed by atoms with van der Waals surface area (Å²) in [6.45, 7) is 3.15. The molecule has 2 aromatic carbocycles. The molecule has 0 aliphatic heterocycles. The standard InChI is InChI=1S/C26H27N5O6S2/c1-3-37-17-16-31-22-11-8-20(25(33)36-2)18-23(22)38-26(31)29-24(32)19-6-9-21(10-7-19)39(34,35)30(14-4-12-27)15-5-13-28/h6-11,18H,3-5,14-17H2,1-2H3. The first-order valence-electron chi connectivity index (χ1n) is 12.0. The zero-order chi connectivity index (χ0) is 28.4. The largest absolute Gasteiger partial charge is 0.465 e. The summed E-state index contributed by atoms with van der Waals surface area (Å²) in [6.07, 6.45) is -0.0284. The number of thiazole rings is 1. The van der Waals surface area contributed by atoms with Gasteiger partial charge in [0.1, 0.15) is 0 Å². The summed E-state index contributed by atoms with van der Waals surface area (Å²) in [4.78, 5) is 29.7. The topological polar surface area (TPSA) is 155 Å². The number of benzene rings is 2. The van der Waals surface area contributed by atoms with Crippen LogP contribution in [0.4, 0.5) is 0 Å². The second kappa shape index (κ2) is 13.8. The fourth-order valence-electron chi connectivity index (χ4n) is 3.69. The number of hydrogen-bond acceptors (Lipinski definition) is 9. The summed E-state index contributed by atoms with van der Waals surface area (Å²) in [5, 5.41) is 17.7. The van der Waals surface area contributed by atoms with Crippen LogP contribution < -0.4 is 4.80 Å². The highest BCUT2D eigenvalue weighted by Crippen LogP contribution is 2.21. The lowest BCUT2D eigenvalue weighted by atomic mass is 10.2. The SMILES string of the molecule is CCOCCn1c(=NC(=O)c2ccc(S(=O)(=O)N(CCC#N)CCC#N)cc2)sc2cc(C(=O)OC)ccc21. The second-order valence-electron chi connectivity index (χ2n) is 8.07. The van der Waals surface area contributed by atoms with E-state index in [2.05, 4.69) is 4.99 Å². The lowest BCUT2D eigenvalue weighted by molar-refractivity contribution is 0.0600. The van der Waals surface area contributed by atoms with E-state index >= 15 is 0 Å². The van der Waals surface area contributed by atoms with E-state index in [0.29, 0.717) is 30.1 Å². The maximum Gasteiger partial charge on any atom is 0.337 e. The number of ether oxygens (including phenoxy) is 2. The molecule has 0 saturated heterocycles. The molecular formula is C26H27N5O6S2. The van der Waals surface area contributed by atoms with Gasteiger partial charge >= 0.3 is 5.97 Å². The van der Waals surface area contributed by atoms with Crippen LogP contribution in [0.2, 0.25) is 0 Å². The minimum absolute atomic E-state index is 0.0142. The number of methoxy groups -OCH3 is 1. The number of hydrogen-bond donors (Lipinski definition) is 0. The van der Waals surface area contributed by atoms with Gasteiger partial charge in [0.25, 0.3) is 5.91 Å². The molecule has 39 heavy (non-hydrogen) atoms. The van der Waals surface area contributed by atoms with Crippen LogP contribution in [0.25, 0.3) is 10.2 Å². The van der Waals surface area contributed by atoms with Gasteiger partial charge in [-0.25, -0.2) is 13.2 Å². The first-order chi connectivity index (χ1) is 18.8. The van der Waals surface area contributed by atoms with E-state index < -0.39 is 21.9 Å². The molecule has 0 aliphatic rings. The van der Waals surface area contributed by atoms with E-state index in [9.17, 15) is 18.0 Å². The number of carbonyl (C=O) groups excluding carboxylic acids is 2. The van der Waals surface area contributed by atoms with Crippen molar-refractivity contribution in [3.05, 3.63) is 58.4 Å². The number of fused-ring (bicyclic) bond motifs is 1. The molecule has 204 valence electrons. The first-order valence-corrected chi connectivity index (χ1v) is 14.2. The molecule has 0 atom stereocenters. The van der Waals surface area contributed by atoms with Crippen molar-refractivity contribution in [2.45, 2.75) is 31.2 Å². The summed E-state index contributed by atoms with van der Waals surface area (Å²) in [7, 11) is -2.66. The van der Waals surface area contributed by atoms with Crippen LogP contribution in [0.5, 0.6) is 0 Å². The summed E-state index contributed by atoms with van der Waals surface area (Å²) < 4.78 is 40.0. The van der Waals surface area contributed by atoms with Gasteiger partial charge in [0.15, 0.2) is 4.80 Å². The Balaban J connectivity index is 1.96. The Labute approximate surface area is 230 Å². The van der Waals surface area contributed by atoms with Crippen molar-refractivity contribution in [2.24, 2.45) is 4.99 Å². The van der Waals surface area contributed by atoms with E-state index in [1.54, 1.807) is 18.2 Å². The van der Waals surface area contributed by atoms with Crippen LogP contribution in [0.15, 0.2) is 52.4 Å². The Bertz CT molecular complexity index is 1580. The molecule has 0 unspecified atom stereocenters. The quantitative estimate of drug-likeness (QED) is 0.238. The molecule has 0 spiro atoms. The van der Waals surface area contributed by atoms with Crippen LogP contribution in [0, 0.1) is 22.7 Å². The number of amides is 1. The summed E-state index contributed by atoms with van der Waals surface area (Å²) in [5.41, 5.74) is 1.32. The number of nitriles is 2. The van der Waals surface area contributed by atoms with Gasteiger partial charge in [-0.1, -0.05) is 11.3 Å². The lowest BCUT2D eigenvalue weighted by Gasteiger charge is -2.20. The predicted octanol–water partition coefficient (Wildman–Crippen LogP) is 3.09. The number of rotatable bonds is 12. The molecular weight excluding hydrogens is 542 g/mol. The Kier molecular flexibility index (Phi) is 10.5. The van der Waals surface area contributed by atoms with Gasteiger partial charge in [0.05, 0.1) is 46.5 Å². The van der Waals surface area contributed by atoms with Gasteiger partial charge < -0.3 is 14.0 Å². The van der Waals surface area contributed by atoms with Crippen molar-refractivity contribution in [2.75, 3.05) is 33.4 Å². The fraction of sp³-hybridized carbons (Fsp3) is 0.346. The minimum Gasteiger partial charge on any atom is -0.465 e. The molecule has 13 heteroatoms. The molecule has 3 rings (SSSR count). The van der Waals surface area contributed by atoms with Crippen LogP contribution in [0.3, 0.4) is 0 Å². The Morgan fingerprint density at radius 2 is 1.69 bits per heavy atom. The number of carbonyl (C=O) groups is 2. The Morgan fingerprint density at radius 1 is 1.05 bits per heavy atom. The van der Waals surface area contributed by atoms with E-state index in [4.69, 9.17) is 20.0 Å². The van der Waals surface area contributed by atoms with Gasteiger partial charge in [-0.2, -0.15) is 19.8 Å². The molecule has 1 amide bonds. The molecule has 1 heterocycles. The second-order valence-corrected chi connectivity index (χ2v) is 11.0. The highest BCUT2D eigenvalue weighted by atomic mass is 32.2. The Morgan fingerprint density at radius 3 is 2.28 bits per heavy atom. The number of sulfonamides is 1. The fourth-order valence-corrected chi connectivity index (χ4v) is 6.23. The number of aromatic nitrogens is 1. The first kappa shape index (κ1) is 29.7. The summed E-state index contributed by atoms with van der Waals surface area (Å²) >= 11 is 1.23. The molecule has 0 fully saturated rings. The maximum atomic E-state index is 13.1. The third kappa shape index (κ3) is 7.16. The Hall–Kier alpha value is -3.88. The van der Waals surface area contributed by atoms with Crippen LogP contribution in [-0.2, 0) is 26.0 Å². The van der Waals surface area contributed by atoms with Crippen LogP contribution in [0.1, 0.15) is 40.5 Å². The summed E-state index contributed by atoms with van der Waals surface area (Å²) in [6, 6.07) is 14.3. The minimum atomic E-state index is -3.96. The average molecular weight is 570 g/mol. The highest BCUT2D eigenvalue weighted by Gasteiger charge is 2.24. The van der Waals surface area contributed by atoms with Crippen molar-refractivity contribution < 1.29 is 27.5 Å². The van der Waals surface area contributed by atoms with Crippen molar-refractivity contribution in [3.63, 3.8) is 0 Å². The third-order valence-corrected chi connectivity index (χ3v) is 8.60. The zero-order valence-electron chi connectivity index (χ0n) is 21.5. The van der Waals surface area contributed by atoms with E-state index in [1.807, 2.05) is 23.6 Å². The van der Waals surface area contributed by atoms with E-state index in [0.717, 1.165) is 14.5 Å². The van der Waals surface area contributed by atoms with Gasteiger partial charge in [-0.15, -0.1) is 0 Å². The maximum absolute atomic E-state index is 13.1. The number of nitrogens with zero attached hydrogens (tertiary/aromatic N) is 5. The molecule has 0 radical (unpaired) electrons. The predicted molar refractivity (Wildman–Crippen MR) is 143 cm³/mol. The molecule has 3 aromatic rings. The monoisotopic (exact) mass is 569 g/mol. The van der Waals surface area contributed by atoms with E-state index in [-0.39, 0.29) is 36.4 Å². The van der Waals surface area contributed by atoms with Gasteiger partial charge in [0, 0.05) is 44.6 Å². The van der Waals surface area contributed by atoms with Crippen LogP contribution in [-0.4, -0.2) is 62.6 Å². The molecule has 0 bridgehead atoms. The lowest BCUT2D eigenvalue weighted by Crippen LogP contribution is -2.32. The molecule has 0 saturated carbocycles. The van der Waals surface area contributed by atoms with E-state index in [1.165, 1.54) is 42.7 Å². The van der Waals surface area contributed by atoms with Gasteiger partial charge in [0.2, 0.25) is 10.0 Å².